The number of ketones is 1. The highest BCUT2D eigenvalue weighted by atomic mass is 32.2. The first-order valence-electron chi connectivity index (χ1n) is 8.60. The predicted octanol–water partition coefficient (Wildman–Crippen LogP) is 4.78. The van der Waals surface area contributed by atoms with Crippen molar-refractivity contribution in [2.75, 3.05) is 5.75 Å². The number of para-hydroxylation sites is 1. The van der Waals surface area contributed by atoms with Crippen LogP contribution >= 0.6 is 11.8 Å². The van der Waals surface area contributed by atoms with Crippen LogP contribution in [0.3, 0.4) is 0 Å². The lowest BCUT2D eigenvalue weighted by Crippen LogP contribution is -2.08. The van der Waals surface area contributed by atoms with Crippen molar-refractivity contribution >= 4 is 17.5 Å². The van der Waals surface area contributed by atoms with E-state index < -0.39 is 0 Å². The minimum atomic E-state index is 0.118. The second-order valence-electron chi connectivity index (χ2n) is 6.61. The fourth-order valence-electron chi connectivity index (χ4n) is 3.00. The Balaban J connectivity index is 1.85. The van der Waals surface area contributed by atoms with Crippen LogP contribution in [0.4, 0.5) is 0 Å². The molecule has 0 N–H and O–H groups in total. The highest BCUT2D eigenvalue weighted by Crippen LogP contribution is 2.25. The molecule has 0 fully saturated rings. The number of nitrogens with zero attached hydrogens (tertiary/aromatic N) is 3. The summed E-state index contributed by atoms with van der Waals surface area (Å²) >= 11 is 1.43. The lowest BCUT2D eigenvalue weighted by atomic mass is 9.99. The molecule has 0 unspecified atom stereocenters. The summed E-state index contributed by atoms with van der Waals surface area (Å²) in [5, 5.41) is 9.23. The van der Waals surface area contributed by atoms with Crippen LogP contribution < -0.4 is 0 Å². The van der Waals surface area contributed by atoms with Gasteiger partial charge in [0.2, 0.25) is 0 Å². The normalized spacial score (nSPS) is 11.0. The Morgan fingerprint density at radius 3 is 2.35 bits per heavy atom. The van der Waals surface area contributed by atoms with E-state index in [2.05, 4.69) is 36.2 Å². The van der Waals surface area contributed by atoms with Crippen LogP contribution in [0.5, 0.6) is 0 Å². The van der Waals surface area contributed by atoms with Crippen molar-refractivity contribution in [2.45, 2.75) is 39.8 Å². The van der Waals surface area contributed by atoms with Crippen molar-refractivity contribution in [1.29, 1.82) is 0 Å². The molecule has 134 valence electrons. The van der Waals surface area contributed by atoms with E-state index in [1.807, 2.05) is 49.6 Å². The molecule has 0 aliphatic heterocycles. The van der Waals surface area contributed by atoms with E-state index >= 15 is 0 Å². The van der Waals surface area contributed by atoms with Crippen LogP contribution in [0, 0.1) is 34.6 Å². The summed E-state index contributed by atoms with van der Waals surface area (Å²) < 4.78 is 2.01. The predicted molar refractivity (Wildman–Crippen MR) is 107 cm³/mol. The van der Waals surface area contributed by atoms with Gasteiger partial charge in [0.1, 0.15) is 5.82 Å². The Labute approximate surface area is 158 Å². The fraction of sp³-hybridized carbons (Fsp3) is 0.286. The number of thioether (sulfide) groups is 1. The Kier molecular flexibility index (Phi) is 5.28. The van der Waals surface area contributed by atoms with Gasteiger partial charge in [-0.05, 0) is 69.0 Å². The van der Waals surface area contributed by atoms with Crippen LogP contribution in [0.25, 0.3) is 5.69 Å². The van der Waals surface area contributed by atoms with Gasteiger partial charge in [-0.2, -0.15) is 0 Å². The van der Waals surface area contributed by atoms with E-state index in [9.17, 15) is 4.79 Å². The van der Waals surface area contributed by atoms with E-state index in [-0.39, 0.29) is 5.78 Å². The molecule has 0 spiro atoms. The first-order valence-corrected chi connectivity index (χ1v) is 9.59. The third-order valence-corrected chi connectivity index (χ3v) is 5.55. The number of benzene rings is 2. The van der Waals surface area contributed by atoms with Crippen molar-refractivity contribution in [3.05, 3.63) is 70.0 Å². The lowest BCUT2D eigenvalue weighted by molar-refractivity contribution is 0.102. The summed E-state index contributed by atoms with van der Waals surface area (Å²) in [5.74, 6) is 1.28. The van der Waals surface area contributed by atoms with Gasteiger partial charge in [0, 0.05) is 5.56 Å². The number of carbonyl (C=O) groups excluding carboxylic acids is 1. The third-order valence-electron chi connectivity index (χ3n) is 4.62. The zero-order valence-corrected chi connectivity index (χ0v) is 16.6. The van der Waals surface area contributed by atoms with Gasteiger partial charge in [-0.1, -0.05) is 36.0 Å². The van der Waals surface area contributed by atoms with E-state index in [1.165, 1.54) is 17.3 Å². The molecule has 3 aromatic rings. The topological polar surface area (TPSA) is 47.8 Å². The molecule has 26 heavy (non-hydrogen) atoms. The van der Waals surface area contributed by atoms with Gasteiger partial charge in [0.05, 0.1) is 11.4 Å². The largest absolute Gasteiger partial charge is 0.293 e. The van der Waals surface area contributed by atoms with Crippen molar-refractivity contribution in [3.63, 3.8) is 0 Å². The third kappa shape index (κ3) is 3.58. The summed E-state index contributed by atoms with van der Waals surface area (Å²) in [7, 11) is 0. The van der Waals surface area contributed by atoms with Crippen molar-refractivity contribution in [1.82, 2.24) is 14.8 Å². The average Bonchev–Trinajstić information content (AvgIpc) is 2.97. The minimum absolute atomic E-state index is 0.118. The Morgan fingerprint density at radius 2 is 1.62 bits per heavy atom. The van der Waals surface area contributed by atoms with Crippen LogP contribution in [-0.4, -0.2) is 26.3 Å². The Morgan fingerprint density at radius 1 is 0.923 bits per heavy atom. The van der Waals surface area contributed by atoms with Crippen LogP contribution in [0.15, 0.2) is 41.6 Å². The van der Waals surface area contributed by atoms with E-state index in [0.29, 0.717) is 5.75 Å². The van der Waals surface area contributed by atoms with Crippen molar-refractivity contribution in [2.24, 2.45) is 0 Å². The molecule has 3 rings (SSSR count). The lowest BCUT2D eigenvalue weighted by Gasteiger charge is -2.12. The fourth-order valence-corrected chi connectivity index (χ4v) is 3.87. The summed E-state index contributed by atoms with van der Waals surface area (Å²) in [4.78, 5) is 12.7. The Bertz CT molecular complexity index is 975. The number of rotatable bonds is 5. The minimum Gasteiger partial charge on any atom is -0.293 e. The summed E-state index contributed by atoms with van der Waals surface area (Å²) in [5.41, 5.74) is 6.36. The molecule has 0 amide bonds. The maximum absolute atomic E-state index is 12.7. The molecule has 0 saturated carbocycles. The molecular weight excluding hydrogens is 342 g/mol. The number of aromatic nitrogens is 3. The number of aryl methyl sites for hydroxylation is 5. The molecule has 4 nitrogen and oxygen atoms in total. The van der Waals surface area contributed by atoms with Gasteiger partial charge in [-0.3, -0.25) is 9.36 Å². The SMILES string of the molecule is Cc1cc(C)c(C(=O)CSc2nnc(C)n2-c2ccccc2C)cc1C. The first kappa shape index (κ1) is 18.4. The molecular formula is C21H23N3OS. The quantitative estimate of drug-likeness (QED) is 0.482. The molecule has 0 aliphatic carbocycles. The smallest absolute Gasteiger partial charge is 0.196 e. The van der Waals surface area contributed by atoms with Gasteiger partial charge >= 0.3 is 0 Å². The Hall–Kier alpha value is -2.40. The molecule has 5 heteroatoms. The highest BCUT2D eigenvalue weighted by molar-refractivity contribution is 7.99. The zero-order chi connectivity index (χ0) is 18.8. The molecule has 0 aliphatic rings. The van der Waals surface area contributed by atoms with Gasteiger partial charge in [0.25, 0.3) is 0 Å². The molecule has 0 atom stereocenters. The highest BCUT2D eigenvalue weighted by Gasteiger charge is 2.16. The number of hydrogen-bond donors (Lipinski definition) is 0. The summed E-state index contributed by atoms with van der Waals surface area (Å²) in [6, 6.07) is 12.2. The molecule has 2 aromatic carbocycles. The standard InChI is InChI=1S/C21H23N3OS/c1-13-8-6-7-9-19(13)24-17(5)22-23-21(24)26-12-20(25)18-11-15(3)14(2)10-16(18)4/h6-11H,12H2,1-5H3. The number of Topliss-reactive ketones (excluding diaryl/α,β-unsaturated/α-hetero) is 1. The molecule has 1 aromatic heterocycles. The van der Waals surface area contributed by atoms with Crippen molar-refractivity contribution < 1.29 is 4.79 Å². The molecule has 1 heterocycles. The maximum Gasteiger partial charge on any atom is 0.196 e. The van der Waals surface area contributed by atoms with E-state index in [1.54, 1.807) is 0 Å². The summed E-state index contributed by atoms with van der Waals surface area (Å²) in [6.07, 6.45) is 0. The van der Waals surface area contributed by atoms with E-state index in [0.717, 1.165) is 38.9 Å². The first-order chi connectivity index (χ1) is 12.4. The number of carbonyl (C=O) groups is 1. The van der Waals surface area contributed by atoms with Gasteiger partial charge in [-0.25, -0.2) is 0 Å². The van der Waals surface area contributed by atoms with Crippen LogP contribution in [0.1, 0.15) is 38.4 Å². The second-order valence-corrected chi connectivity index (χ2v) is 7.56. The van der Waals surface area contributed by atoms with Crippen LogP contribution in [-0.2, 0) is 0 Å². The van der Waals surface area contributed by atoms with Crippen LogP contribution in [0.2, 0.25) is 0 Å². The van der Waals surface area contributed by atoms with Gasteiger partial charge in [-0.15, -0.1) is 10.2 Å². The van der Waals surface area contributed by atoms with E-state index in [4.69, 9.17) is 0 Å². The van der Waals surface area contributed by atoms with Gasteiger partial charge < -0.3 is 0 Å². The molecule has 0 saturated heterocycles. The monoisotopic (exact) mass is 365 g/mol. The second kappa shape index (κ2) is 7.46. The average molecular weight is 366 g/mol. The van der Waals surface area contributed by atoms with Gasteiger partial charge in [0.15, 0.2) is 10.9 Å². The molecule has 0 bridgehead atoms. The number of hydrogen-bond acceptors (Lipinski definition) is 4. The maximum atomic E-state index is 12.7. The summed E-state index contributed by atoms with van der Waals surface area (Å²) in [6.45, 7) is 10.1. The zero-order valence-electron chi connectivity index (χ0n) is 15.8. The molecule has 0 radical (unpaired) electrons. The van der Waals surface area contributed by atoms with Crippen molar-refractivity contribution in [3.8, 4) is 5.69 Å².